The second-order valence-electron chi connectivity index (χ2n) is 1.76. The first-order chi connectivity index (χ1) is 5.20. The summed E-state index contributed by atoms with van der Waals surface area (Å²) in [5.74, 6) is 2.02. The third kappa shape index (κ3) is 2.01. The van der Waals surface area contributed by atoms with E-state index in [4.69, 9.17) is 0 Å². The van der Waals surface area contributed by atoms with Crippen molar-refractivity contribution >= 4 is 7.82 Å². The molecule has 6 heteroatoms. The maximum atomic E-state index is 11.4. The Morgan fingerprint density at radius 1 is 1.82 bits per heavy atom. The summed E-state index contributed by atoms with van der Waals surface area (Å²) < 4.78 is 36.0. The van der Waals surface area contributed by atoms with Crippen molar-refractivity contribution in [3.05, 3.63) is 0 Å². The zero-order valence-electron chi connectivity index (χ0n) is 5.74. The Morgan fingerprint density at radius 3 is 3.00 bits per heavy atom. The number of halogens is 1. The van der Waals surface area contributed by atoms with E-state index in [9.17, 15) is 8.96 Å². The molecule has 2 atom stereocenters. The average molecular weight is 180 g/mol. The summed E-state index contributed by atoms with van der Waals surface area (Å²) in [4.78, 5) is 0. The van der Waals surface area contributed by atoms with Gasteiger partial charge in [0, 0.05) is 7.11 Å². The molecule has 0 aromatic heterocycles. The summed E-state index contributed by atoms with van der Waals surface area (Å²) in [6.07, 6.45) is 0.354. The minimum atomic E-state index is -3.41. The van der Waals surface area contributed by atoms with Gasteiger partial charge in [0.1, 0.15) is 6.17 Å². The van der Waals surface area contributed by atoms with Gasteiger partial charge in [-0.1, -0.05) is 0 Å². The Kier molecular flexibility index (Phi) is 2.63. The monoisotopic (exact) mass is 180 g/mol. The van der Waals surface area contributed by atoms with Crippen LogP contribution in [0.15, 0.2) is 0 Å². The molecule has 0 aromatic rings. The Hall–Kier alpha value is -0.400. The van der Waals surface area contributed by atoms with Crippen LogP contribution in [0, 0.1) is 12.1 Å². The molecule has 11 heavy (non-hydrogen) atoms. The fourth-order valence-corrected chi connectivity index (χ4v) is 1.60. The summed E-state index contributed by atoms with van der Waals surface area (Å²) in [6.45, 7) is -0.0258. The lowest BCUT2D eigenvalue weighted by atomic mass is 10.4. The Morgan fingerprint density at radius 2 is 2.55 bits per heavy atom. The standard InChI is InChI=1S/C5H6FO4P/c1-8-11(7)9-4-5(10-11)2-3-6/h5H,4H2,1H3. The minimum Gasteiger partial charge on any atom is -0.290 e. The molecule has 0 bridgehead atoms. The SMILES string of the molecule is COP1(=O)OCC(C#CF)O1. The van der Waals surface area contributed by atoms with Crippen LogP contribution in [0.5, 0.6) is 0 Å². The quantitative estimate of drug-likeness (QED) is 0.447. The van der Waals surface area contributed by atoms with Gasteiger partial charge in [-0.15, -0.1) is 4.39 Å². The van der Waals surface area contributed by atoms with Gasteiger partial charge in [0.25, 0.3) is 0 Å². The topological polar surface area (TPSA) is 44.8 Å². The van der Waals surface area contributed by atoms with Crippen molar-refractivity contribution < 1.29 is 22.5 Å². The number of hydrogen-bond donors (Lipinski definition) is 0. The van der Waals surface area contributed by atoms with Gasteiger partial charge in [0.15, 0.2) is 6.10 Å². The summed E-state index contributed by atoms with van der Waals surface area (Å²) in [5, 5.41) is 0. The molecule has 1 heterocycles. The van der Waals surface area contributed by atoms with Gasteiger partial charge in [-0.2, -0.15) is 0 Å². The van der Waals surface area contributed by atoms with E-state index in [-0.39, 0.29) is 6.61 Å². The van der Waals surface area contributed by atoms with Crippen molar-refractivity contribution in [2.75, 3.05) is 13.7 Å². The van der Waals surface area contributed by atoms with Gasteiger partial charge in [-0.3, -0.25) is 13.6 Å². The minimum absolute atomic E-state index is 0.0258. The van der Waals surface area contributed by atoms with E-state index in [0.717, 1.165) is 6.17 Å². The fourth-order valence-electron chi connectivity index (χ4n) is 0.600. The van der Waals surface area contributed by atoms with Crippen LogP contribution >= 0.6 is 7.82 Å². The molecule has 0 aromatic carbocycles. The van der Waals surface area contributed by atoms with Crippen molar-refractivity contribution in [1.82, 2.24) is 0 Å². The van der Waals surface area contributed by atoms with E-state index in [1.165, 1.54) is 7.11 Å². The number of phosphoric ester groups is 1. The van der Waals surface area contributed by atoms with E-state index in [1.54, 1.807) is 0 Å². The zero-order chi connectivity index (χ0) is 8.32. The van der Waals surface area contributed by atoms with Crippen molar-refractivity contribution in [1.29, 1.82) is 0 Å². The van der Waals surface area contributed by atoms with Gasteiger partial charge in [0.05, 0.1) is 6.61 Å². The fraction of sp³-hybridized carbons (Fsp3) is 0.600. The highest BCUT2D eigenvalue weighted by atomic mass is 31.2. The van der Waals surface area contributed by atoms with Crippen molar-refractivity contribution in [2.45, 2.75) is 6.10 Å². The van der Waals surface area contributed by atoms with Gasteiger partial charge in [0.2, 0.25) is 0 Å². The van der Waals surface area contributed by atoms with Gasteiger partial charge in [-0.25, -0.2) is 4.57 Å². The molecule has 0 N–H and O–H groups in total. The van der Waals surface area contributed by atoms with Crippen molar-refractivity contribution in [2.24, 2.45) is 0 Å². The Labute approximate surface area is 63.2 Å². The molecule has 0 spiro atoms. The molecular formula is C5H6FO4P. The molecule has 1 rings (SSSR count). The molecule has 0 aliphatic carbocycles. The highest BCUT2D eigenvalue weighted by molar-refractivity contribution is 7.48. The van der Waals surface area contributed by atoms with Gasteiger partial charge in [-0.05, 0) is 5.92 Å². The van der Waals surface area contributed by atoms with E-state index < -0.39 is 13.9 Å². The number of rotatable bonds is 1. The molecule has 1 fully saturated rings. The smallest absolute Gasteiger partial charge is 0.290 e. The average Bonchev–Trinajstić information content (AvgIpc) is 2.35. The number of phosphoric acid groups is 1. The number of hydrogen-bond acceptors (Lipinski definition) is 4. The second-order valence-corrected chi connectivity index (χ2v) is 3.49. The normalized spacial score (nSPS) is 36.4. The maximum absolute atomic E-state index is 11.4. The first kappa shape index (κ1) is 8.69. The lowest BCUT2D eigenvalue weighted by Crippen LogP contribution is -2.03. The first-order valence-electron chi connectivity index (χ1n) is 2.80. The molecule has 0 radical (unpaired) electrons. The van der Waals surface area contributed by atoms with E-state index in [1.807, 2.05) is 5.92 Å². The molecule has 0 saturated carbocycles. The molecule has 1 aliphatic rings. The summed E-state index contributed by atoms with van der Waals surface area (Å²) in [7, 11) is -2.22. The first-order valence-corrected chi connectivity index (χ1v) is 4.26. The molecule has 1 aliphatic heterocycles. The Balaban J connectivity index is 2.58. The van der Waals surface area contributed by atoms with Crippen LogP contribution < -0.4 is 0 Å². The highest BCUT2D eigenvalue weighted by Gasteiger charge is 2.36. The van der Waals surface area contributed by atoms with Crippen LogP contribution in [0.2, 0.25) is 0 Å². The largest absolute Gasteiger partial charge is 0.475 e. The lowest BCUT2D eigenvalue weighted by molar-refractivity contribution is 0.217. The third-order valence-electron chi connectivity index (χ3n) is 1.08. The van der Waals surface area contributed by atoms with E-state index in [2.05, 4.69) is 13.6 Å². The summed E-state index contributed by atoms with van der Waals surface area (Å²) in [6, 6.07) is 0. The van der Waals surface area contributed by atoms with Crippen molar-refractivity contribution in [3.63, 3.8) is 0 Å². The molecule has 62 valence electrons. The highest BCUT2D eigenvalue weighted by Crippen LogP contribution is 2.53. The lowest BCUT2D eigenvalue weighted by Gasteiger charge is -2.03. The van der Waals surface area contributed by atoms with Crippen molar-refractivity contribution in [3.8, 4) is 12.1 Å². The molecular weight excluding hydrogens is 174 g/mol. The van der Waals surface area contributed by atoms with Crippen LogP contribution in [-0.4, -0.2) is 19.8 Å². The predicted octanol–water partition coefficient (Wildman–Crippen LogP) is 1.09. The molecule has 2 unspecified atom stereocenters. The molecule has 0 amide bonds. The maximum Gasteiger partial charge on any atom is 0.475 e. The van der Waals surface area contributed by atoms with Crippen LogP contribution in [0.3, 0.4) is 0 Å². The summed E-state index contributed by atoms with van der Waals surface area (Å²) >= 11 is 0. The molecule has 1 saturated heterocycles. The van der Waals surface area contributed by atoms with Gasteiger partial charge >= 0.3 is 7.82 Å². The van der Waals surface area contributed by atoms with E-state index in [0.29, 0.717) is 0 Å². The van der Waals surface area contributed by atoms with Crippen LogP contribution in [-0.2, 0) is 18.1 Å². The van der Waals surface area contributed by atoms with E-state index >= 15 is 0 Å². The van der Waals surface area contributed by atoms with Gasteiger partial charge < -0.3 is 0 Å². The zero-order valence-corrected chi connectivity index (χ0v) is 6.64. The third-order valence-corrected chi connectivity index (χ3v) is 2.50. The second kappa shape index (κ2) is 3.33. The predicted molar refractivity (Wildman–Crippen MR) is 34.3 cm³/mol. The van der Waals surface area contributed by atoms with Crippen LogP contribution in [0.4, 0.5) is 4.39 Å². The Bertz CT molecular complexity index is 243. The van der Waals surface area contributed by atoms with Crippen LogP contribution in [0.25, 0.3) is 0 Å². The molecule has 4 nitrogen and oxygen atoms in total. The van der Waals surface area contributed by atoms with Crippen LogP contribution in [0.1, 0.15) is 0 Å². The summed E-state index contributed by atoms with van der Waals surface area (Å²) in [5.41, 5.74) is 0.